The zero-order valence-corrected chi connectivity index (χ0v) is 11.5. The predicted molar refractivity (Wildman–Crippen MR) is 73.1 cm³/mol. The standard InChI is InChI=1S/C15H23NO2/c1-10-6-11(2)12(3)15(7-10)17-9-14-5-4-13(8-16)18-14/h6-7,13-14H,4-5,8-9,16H2,1-3H3. The van der Waals surface area contributed by atoms with Crippen molar-refractivity contribution in [3.63, 3.8) is 0 Å². The van der Waals surface area contributed by atoms with E-state index in [1.54, 1.807) is 0 Å². The van der Waals surface area contributed by atoms with Crippen LogP contribution in [0.15, 0.2) is 12.1 Å². The van der Waals surface area contributed by atoms with Gasteiger partial charge in [-0.15, -0.1) is 0 Å². The van der Waals surface area contributed by atoms with Crippen LogP contribution in [-0.2, 0) is 4.74 Å². The summed E-state index contributed by atoms with van der Waals surface area (Å²) in [5, 5.41) is 0. The third kappa shape index (κ3) is 3.03. The highest BCUT2D eigenvalue weighted by Crippen LogP contribution is 2.25. The van der Waals surface area contributed by atoms with Gasteiger partial charge in [-0.05, 0) is 56.4 Å². The van der Waals surface area contributed by atoms with Gasteiger partial charge in [0, 0.05) is 6.54 Å². The van der Waals surface area contributed by atoms with Gasteiger partial charge in [0.1, 0.15) is 12.4 Å². The Morgan fingerprint density at radius 1 is 1.22 bits per heavy atom. The molecule has 1 heterocycles. The molecule has 1 aromatic carbocycles. The van der Waals surface area contributed by atoms with Crippen molar-refractivity contribution < 1.29 is 9.47 Å². The van der Waals surface area contributed by atoms with Crippen molar-refractivity contribution in [2.45, 2.75) is 45.8 Å². The summed E-state index contributed by atoms with van der Waals surface area (Å²) in [5.74, 6) is 0.979. The van der Waals surface area contributed by atoms with Gasteiger partial charge < -0.3 is 15.2 Å². The fraction of sp³-hybridized carbons (Fsp3) is 0.600. The Morgan fingerprint density at radius 3 is 2.61 bits per heavy atom. The molecule has 1 saturated heterocycles. The van der Waals surface area contributed by atoms with E-state index in [9.17, 15) is 0 Å². The fourth-order valence-corrected chi connectivity index (χ4v) is 2.41. The van der Waals surface area contributed by atoms with E-state index in [0.717, 1.165) is 18.6 Å². The van der Waals surface area contributed by atoms with Crippen molar-refractivity contribution in [3.05, 3.63) is 28.8 Å². The van der Waals surface area contributed by atoms with Crippen LogP contribution in [0.25, 0.3) is 0 Å². The van der Waals surface area contributed by atoms with E-state index < -0.39 is 0 Å². The van der Waals surface area contributed by atoms with E-state index in [4.69, 9.17) is 15.2 Å². The SMILES string of the molecule is Cc1cc(C)c(C)c(OCC2CCC(CN)O2)c1. The lowest BCUT2D eigenvalue weighted by Gasteiger charge is -2.16. The smallest absolute Gasteiger partial charge is 0.122 e. The normalized spacial score (nSPS) is 23.3. The van der Waals surface area contributed by atoms with Crippen molar-refractivity contribution in [2.24, 2.45) is 5.73 Å². The van der Waals surface area contributed by atoms with Gasteiger partial charge in [0.05, 0.1) is 12.2 Å². The molecule has 0 bridgehead atoms. The average Bonchev–Trinajstić information content (AvgIpc) is 2.80. The number of hydrogen-bond acceptors (Lipinski definition) is 3. The molecule has 1 aromatic rings. The highest BCUT2D eigenvalue weighted by atomic mass is 16.5. The molecule has 3 heteroatoms. The molecule has 0 radical (unpaired) electrons. The average molecular weight is 249 g/mol. The third-order valence-corrected chi connectivity index (χ3v) is 3.65. The highest BCUT2D eigenvalue weighted by molar-refractivity contribution is 5.41. The molecule has 3 nitrogen and oxygen atoms in total. The molecule has 18 heavy (non-hydrogen) atoms. The van der Waals surface area contributed by atoms with Gasteiger partial charge in [0.2, 0.25) is 0 Å². The molecule has 0 aliphatic carbocycles. The second kappa shape index (κ2) is 5.72. The van der Waals surface area contributed by atoms with Crippen LogP contribution in [-0.4, -0.2) is 25.4 Å². The Kier molecular flexibility index (Phi) is 4.25. The minimum Gasteiger partial charge on any atom is -0.491 e. The van der Waals surface area contributed by atoms with E-state index in [-0.39, 0.29) is 12.2 Å². The van der Waals surface area contributed by atoms with E-state index in [1.165, 1.54) is 16.7 Å². The van der Waals surface area contributed by atoms with Gasteiger partial charge in [-0.3, -0.25) is 0 Å². The first kappa shape index (κ1) is 13.4. The summed E-state index contributed by atoms with van der Waals surface area (Å²) in [5.41, 5.74) is 9.33. The van der Waals surface area contributed by atoms with Crippen LogP contribution in [0, 0.1) is 20.8 Å². The largest absolute Gasteiger partial charge is 0.491 e. The number of hydrogen-bond donors (Lipinski definition) is 1. The van der Waals surface area contributed by atoms with Crippen molar-refractivity contribution in [1.82, 2.24) is 0 Å². The lowest BCUT2D eigenvalue weighted by molar-refractivity contribution is 0.0220. The second-order valence-corrected chi connectivity index (χ2v) is 5.21. The maximum atomic E-state index is 5.91. The van der Waals surface area contributed by atoms with Gasteiger partial charge in [0.25, 0.3) is 0 Å². The first-order valence-corrected chi connectivity index (χ1v) is 6.66. The van der Waals surface area contributed by atoms with Gasteiger partial charge in [0.15, 0.2) is 0 Å². The molecule has 2 rings (SSSR count). The summed E-state index contributed by atoms with van der Waals surface area (Å²) in [7, 11) is 0. The number of rotatable bonds is 4. The summed E-state index contributed by atoms with van der Waals surface area (Å²) in [6, 6.07) is 4.27. The fourth-order valence-electron chi connectivity index (χ4n) is 2.41. The molecule has 0 aromatic heterocycles. The first-order valence-electron chi connectivity index (χ1n) is 6.66. The molecule has 0 saturated carbocycles. The molecule has 100 valence electrons. The Hall–Kier alpha value is -1.06. The van der Waals surface area contributed by atoms with Crippen LogP contribution in [0.4, 0.5) is 0 Å². The Balaban J connectivity index is 1.94. The monoisotopic (exact) mass is 249 g/mol. The van der Waals surface area contributed by atoms with Crippen molar-refractivity contribution in [1.29, 1.82) is 0 Å². The zero-order chi connectivity index (χ0) is 13.1. The molecule has 0 amide bonds. The number of nitrogens with two attached hydrogens (primary N) is 1. The minimum absolute atomic E-state index is 0.193. The van der Waals surface area contributed by atoms with Crippen LogP contribution in [0.3, 0.4) is 0 Å². The summed E-state index contributed by atoms with van der Waals surface area (Å²) in [6.07, 6.45) is 2.51. The van der Waals surface area contributed by atoms with Crippen LogP contribution >= 0.6 is 0 Å². The van der Waals surface area contributed by atoms with E-state index in [2.05, 4.69) is 32.9 Å². The minimum atomic E-state index is 0.193. The molecule has 2 atom stereocenters. The molecule has 1 aliphatic rings. The highest BCUT2D eigenvalue weighted by Gasteiger charge is 2.24. The summed E-state index contributed by atoms with van der Waals surface area (Å²) in [4.78, 5) is 0. The predicted octanol–water partition coefficient (Wildman–Crippen LogP) is 2.50. The maximum absolute atomic E-state index is 5.91. The van der Waals surface area contributed by atoms with Crippen molar-refractivity contribution >= 4 is 0 Å². The van der Waals surface area contributed by atoms with Crippen LogP contribution < -0.4 is 10.5 Å². The Bertz CT molecular complexity index is 417. The molecular weight excluding hydrogens is 226 g/mol. The van der Waals surface area contributed by atoms with Gasteiger partial charge in [-0.1, -0.05) is 6.07 Å². The molecule has 1 fully saturated rings. The van der Waals surface area contributed by atoms with E-state index in [1.807, 2.05) is 0 Å². The molecular formula is C15H23NO2. The topological polar surface area (TPSA) is 44.5 Å². The van der Waals surface area contributed by atoms with Gasteiger partial charge >= 0.3 is 0 Å². The zero-order valence-electron chi connectivity index (χ0n) is 11.5. The van der Waals surface area contributed by atoms with E-state index >= 15 is 0 Å². The number of benzene rings is 1. The summed E-state index contributed by atoms with van der Waals surface area (Å²) >= 11 is 0. The van der Waals surface area contributed by atoms with Crippen LogP contribution in [0.5, 0.6) is 5.75 Å². The lowest BCUT2D eigenvalue weighted by Crippen LogP contribution is -2.23. The summed E-state index contributed by atoms with van der Waals surface area (Å²) < 4.78 is 11.7. The second-order valence-electron chi connectivity index (χ2n) is 5.21. The third-order valence-electron chi connectivity index (χ3n) is 3.65. The maximum Gasteiger partial charge on any atom is 0.122 e. The Morgan fingerprint density at radius 2 is 1.94 bits per heavy atom. The van der Waals surface area contributed by atoms with Crippen LogP contribution in [0.1, 0.15) is 29.5 Å². The van der Waals surface area contributed by atoms with Gasteiger partial charge in [-0.2, -0.15) is 0 Å². The quantitative estimate of drug-likeness (QED) is 0.891. The number of ether oxygens (including phenoxy) is 2. The molecule has 0 spiro atoms. The molecule has 1 aliphatic heterocycles. The summed E-state index contributed by atoms with van der Waals surface area (Å²) in [6.45, 7) is 7.54. The molecule has 2 unspecified atom stereocenters. The first-order chi connectivity index (χ1) is 8.60. The number of aryl methyl sites for hydroxylation is 2. The molecule has 2 N–H and O–H groups in total. The van der Waals surface area contributed by atoms with E-state index in [0.29, 0.717) is 13.2 Å². The lowest BCUT2D eigenvalue weighted by atomic mass is 10.1. The van der Waals surface area contributed by atoms with Crippen molar-refractivity contribution in [2.75, 3.05) is 13.2 Å². The Labute approximate surface area is 109 Å². The van der Waals surface area contributed by atoms with Crippen LogP contribution in [0.2, 0.25) is 0 Å². The van der Waals surface area contributed by atoms with Crippen molar-refractivity contribution in [3.8, 4) is 5.75 Å². The van der Waals surface area contributed by atoms with Gasteiger partial charge in [-0.25, -0.2) is 0 Å².